The average molecular weight is 265 g/mol. The van der Waals surface area contributed by atoms with Crippen molar-refractivity contribution in [1.29, 1.82) is 5.41 Å². The van der Waals surface area contributed by atoms with Gasteiger partial charge in [-0.1, -0.05) is 60.7 Å². The third kappa shape index (κ3) is 1.95. The highest BCUT2D eigenvalue weighted by molar-refractivity contribution is 5.80. The molecule has 0 aromatic heterocycles. The van der Waals surface area contributed by atoms with Crippen LogP contribution in [0.1, 0.15) is 23.2 Å². The number of rotatable bonds is 2. The fourth-order valence-electron chi connectivity index (χ4n) is 3.05. The van der Waals surface area contributed by atoms with Crippen LogP contribution in [-0.4, -0.2) is 29.9 Å². The van der Waals surface area contributed by atoms with Gasteiger partial charge in [-0.3, -0.25) is 5.41 Å². The molecule has 0 radical (unpaired) electrons. The van der Waals surface area contributed by atoms with Crippen LogP contribution in [0.2, 0.25) is 0 Å². The highest BCUT2D eigenvalue weighted by atomic mass is 15.4. The molecule has 102 valence electrons. The molecule has 1 saturated heterocycles. The zero-order valence-electron chi connectivity index (χ0n) is 11.8. The molecule has 1 aliphatic rings. The summed E-state index contributed by atoms with van der Waals surface area (Å²) < 4.78 is 0. The van der Waals surface area contributed by atoms with E-state index in [1.807, 2.05) is 36.0 Å². The molecule has 2 atom stereocenters. The van der Waals surface area contributed by atoms with E-state index >= 15 is 0 Å². The largest absolute Gasteiger partial charge is 0.337 e. The van der Waals surface area contributed by atoms with Crippen LogP contribution < -0.4 is 0 Å². The highest BCUT2D eigenvalue weighted by Gasteiger charge is 2.41. The van der Waals surface area contributed by atoms with E-state index in [2.05, 4.69) is 48.5 Å². The van der Waals surface area contributed by atoms with Gasteiger partial charge in [-0.25, -0.2) is 0 Å². The second-order valence-electron chi connectivity index (χ2n) is 5.26. The van der Waals surface area contributed by atoms with Gasteiger partial charge in [0.25, 0.3) is 0 Å². The first-order chi connectivity index (χ1) is 9.70. The fraction of sp³-hybridized carbons (Fsp3) is 0.235. The lowest BCUT2D eigenvalue weighted by atomic mass is 9.93. The molecule has 0 bridgehead atoms. The summed E-state index contributed by atoms with van der Waals surface area (Å²) in [6.07, 6.45) is 0. The molecule has 3 heteroatoms. The van der Waals surface area contributed by atoms with E-state index in [0.717, 1.165) is 0 Å². The molecule has 0 spiro atoms. The number of guanidine groups is 1. The summed E-state index contributed by atoms with van der Waals surface area (Å²) in [5.41, 5.74) is 2.50. The van der Waals surface area contributed by atoms with Crippen molar-refractivity contribution in [3.8, 4) is 0 Å². The van der Waals surface area contributed by atoms with Crippen molar-refractivity contribution < 1.29 is 0 Å². The molecule has 2 aromatic rings. The maximum Gasteiger partial charge on any atom is 0.194 e. The third-order valence-electron chi connectivity index (χ3n) is 4.08. The number of hydrogen-bond donors (Lipinski definition) is 1. The van der Waals surface area contributed by atoms with Crippen LogP contribution in [-0.2, 0) is 0 Å². The van der Waals surface area contributed by atoms with Crippen LogP contribution in [0.4, 0.5) is 0 Å². The first kappa shape index (κ1) is 12.7. The lowest BCUT2D eigenvalue weighted by molar-refractivity contribution is 0.316. The van der Waals surface area contributed by atoms with Gasteiger partial charge in [0.2, 0.25) is 0 Å². The molecular weight excluding hydrogens is 246 g/mol. The Bertz CT molecular complexity index is 541. The van der Waals surface area contributed by atoms with E-state index in [1.54, 1.807) is 0 Å². The zero-order chi connectivity index (χ0) is 14.1. The molecule has 3 nitrogen and oxygen atoms in total. The van der Waals surface area contributed by atoms with Crippen LogP contribution in [0.3, 0.4) is 0 Å². The van der Waals surface area contributed by atoms with Crippen LogP contribution in [0.25, 0.3) is 0 Å². The van der Waals surface area contributed by atoms with E-state index < -0.39 is 0 Å². The van der Waals surface area contributed by atoms with E-state index in [-0.39, 0.29) is 12.1 Å². The predicted octanol–water partition coefficient (Wildman–Crippen LogP) is 3.28. The van der Waals surface area contributed by atoms with Crippen molar-refractivity contribution >= 4 is 5.96 Å². The molecule has 0 saturated carbocycles. The minimum atomic E-state index is 0.177. The van der Waals surface area contributed by atoms with Crippen LogP contribution in [0.15, 0.2) is 60.7 Å². The topological polar surface area (TPSA) is 30.3 Å². The van der Waals surface area contributed by atoms with Gasteiger partial charge in [-0.05, 0) is 11.1 Å². The summed E-state index contributed by atoms with van der Waals surface area (Å²) in [6.45, 7) is 0. The van der Waals surface area contributed by atoms with E-state index in [1.165, 1.54) is 11.1 Å². The normalized spacial score (nSPS) is 22.4. The maximum absolute atomic E-state index is 8.27. The average Bonchev–Trinajstić information content (AvgIpc) is 2.73. The number of benzene rings is 2. The Hall–Kier alpha value is -2.29. The minimum Gasteiger partial charge on any atom is -0.337 e. The Labute approximate surface area is 120 Å². The molecule has 1 heterocycles. The zero-order valence-corrected chi connectivity index (χ0v) is 11.8. The molecular formula is C17H19N3. The van der Waals surface area contributed by atoms with Gasteiger partial charge in [0, 0.05) is 14.1 Å². The molecule has 20 heavy (non-hydrogen) atoms. The van der Waals surface area contributed by atoms with E-state index in [0.29, 0.717) is 5.96 Å². The number of nitrogens with zero attached hydrogens (tertiary/aromatic N) is 2. The molecule has 0 amide bonds. The molecule has 1 aliphatic heterocycles. The van der Waals surface area contributed by atoms with E-state index in [9.17, 15) is 0 Å². The standard InChI is InChI=1S/C17H19N3/c1-19-15(13-9-5-3-6-10-13)16(20(2)17(19)18)14-11-7-4-8-12-14/h3-12,15-16,18H,1-2H3/t15-,16-/m0/s1. The van der Waals surface area contributed by atoms with Gasteiger partial charge in [-0.15, -0.1) is 0 Å². The second-order valence-corrected chi connectivity index (χ2v) is 5.26. The van der Waals surface area contributed by atoms with Gasteiger partial charge in [0.1, 0.15) is 0 Å². The number of nitrogens with one attached hydrogen (secondary N) is 1. The van der Waals surface area contributed by atoms with Crippen molar-refractivity contribution in [1.82, 2.24) is 9.80 Å². The summed E-state index contributed by atoms with van der Waals surface area (Å²) in [4.78, 5) is 4.10. The van der Waals surface area contributed by atoms with Crippen LogP contribution in [0, 0.1) is 5.41 Å². The van der Waals surface area contributed by atoms with Gasteiger partial charge in [-0.2, -0.15) is 0 Å². The van der Waals surface area contributed by atoms with Crippen molar-refractivity contribution in [2.75, 3.05) is 14.1 Å². The van der Waals surface area contributed by atoms with Crippen molar-refractivity contribution in [2.45, 2.75) is 12.1 Å². The van der Waals surface area contributed by atoms with Crippen molar-refractivity contribution in [3.05, 3.63) is 71.8 Å². The first-order valence-corrected chi connectivity index (χ1v) is 6.84. The minimum absolute atomic E-state index is 0.177. The van der Waals surface area contributed by atoms with Gasteiger partial charge < -0.3 is 9.80 Å². The molecule has 0 unspecified atom stereocenters. The molecule has 1 fully saturated rings. The molecule has 2 aromatic carbocycles. The summed E-state index contributed by atoms with van der Waals surface area (Å²) >= 11 is 0. The maximum atomic E-state index is 8.27. The van der Waals surface area contributed by atoms with Crippen molar-refractivity contribution in [2.24, 2.45) is 0 Å². The van der Waals surface area contributed by atoms with Gasteiger partial charge >= 0.3 is 0 Å². The summed E-state index contributed by atoms with van der Waals surface area (Å²) in [5, 5.41) is 8.27. The molecule has 0 aliphatic carbocycles. The Morgan fingerprint density at radius 2 is 1.05 bits per heavy atom. The third-order valence-corrected chi connectivity index (χ3v) is 4.08. The van der Waals surface area contributed by atoms with E-state index in [4.69, 9.17) is 5.41 Å². The Morgan fingerprint density at radius 3 is 1.40 bits per heavy atom. The predicted molar refractivity (Wildman–Crippen MR) is 81.6 cm³/mol. The monoisotopic (exact) mass is 265 g/mol. The molecule has 1 N–H and O–H groups in total. The number of likely N-dealkylation sites (N-methyl/N-ethyl adjacent to an activating group) is 2. The highest BCUT2D eigenvalue weighted by Crippen LogP contribution is 2.42. The Kier molecular flexibility index (Phi) is 3.18. The smallest absolute Gasteiger partial charge is 0.194 e. The Morgan fingerprint density at radius 1 is 0.700 bits per heavy atom. The van der Waals surface area contributed by atoms with Crippen LogP contribution >= 0.6 is 0 Å². The summed E-state index contributed by atoms with van der Waals surface area (Å²) in [6, 6.07) is 21.2. The number of hydrogen-bond acceptors (Lipinski definition) is 1. The second kappa shape index (κ2) is 5.00. The summed E-state index contributed by atoms with van der Waals surface area (Å²) in [5.74, 6) is 0.563. The Balaban J connectivity index is 2.07. The lowest BCUT2D eigenvalue weighted by Gasteiger charge is -2.26. The first-order valence-electron chi connectivity index (χ1n) is 6.84. The quantitative estimate of drug-likeness (QED) is 0.903. The van der Waals surface area contributed by atoms with Crippen molar-refractivity contribution in [3.63, 3.8) is 0 Å². The SMILES string of the molecule is CN1C(=N)N(C)[C@@H](c2ccccc2)[C@@H]1c1ccccc1. The van der Waals surface area contributed by atoms with Gasteiger partial charge in [0.15, 0.2) is 5.96 Å². The fourth-order valence-corrected chi connectivity index (χ4v) is 3.05. The lowest BCUT2D eigenvalue weighted by Crippen LogP contribution is -2.27. The van der Waals surface area contributed by atoms with Crippen LogP contribution in [0.5, 0.6) is 0 Å². The summed E-state index contributed by atoms with van der Waals surface area (Å²) in [7, 11) is 4.00. The van der Waals surface area contributed by atoms with Gasteiger partial charge in [0.05, 0.1) is 12.1 Å². The molecule has 3 rings (SSSR count).